The first kappa shape index (κ1) is 61.4. The number of ether oxygens (including phenoxy) is 5. The van der Waals surface area contributed by atoms with Crippen molar-refractivity contribution in [1.29, 1.82) is 0 Å². The molecule has 0 unspecified atom stereocenters. The first-order valence-electron chi connectivity index (χ1n) is 26.9. The van der Waals surface area contributed by atoms with E-state index >= 15 is 0 Å². The first-order chi connectivity index (χ1) is 33.7. The first-order valence-corrected chi connectivity index (χ1v) is 29.8. The number of amides is 1. The second kappa shape index (κ2) is 27.1. The van der Waals surface area contributed by atoms with Crippen LogP contribution in [0.1, 0.15) is 146 Å². The molecule has 4 rings (SSSR count). The molecule has 0 aromatic rings. The number of aliphatic hydroxyl groups is 2. The fraction of sp³-hybridized carbons (Fsp3) is 0.772. The molecule has 72 heavy (non-hydrogen) atoms. The molecule has 2 saturated heterocycles. The predicted octanol–water partition coefficient (Wildman–Crippen LogP) is 9.21. The fourth-order valence-corrected chi connectivity index (χ4v) is 12.2. The summed E-state index contributed by atoms with van der Waals surface area (Å²) in [6.45, 7) is 24.1. The Balaban J connectivity index is 1.70. The Hall–Kier alpha value is -3.15. The molecule has 1 aliphatic carbocycles. The molecule has 2 N–H and O–H groups in total. The molecule has 0 aromatic heterocycles. The molecule has 0 radical (unpaired) electrons. The van der Waals surface area contributed by atoms with Crippen molar-refractivity contribution in [2.24, 2.45) is 35.5 Å². The maximum atomic E-state index is 14.6. The lowest BCUT2D eigenvalue weighted by molar-refractivity contribution is -0.265. The summed E-state index contributed by atoms with van der Waals surface area (Å²) in [7, 11) is 2.61. The van der Waals surface area contributed by atoms with Gasteiger partial charge in [0.2, 0.25) is 5.79 Å². The Labute approximate surface area is 433 Å². The molecular formula is C57H93NO13Si. The van der Waals surface area contributed by atoms with Gasteiger partial charge in [0.1, 0.15) is 30.1 Å². The third kappa shape index (κ3) is 15.9. The zero-order chi connectivity index (χ0) is 53.9. The number of piperidine rings is 1. The molecule has 3 fully saturated rings. The van der Waals surface area contributed by atoms with Gasteiger partial charge in [-0.25, -0.2) is 4.79 Å². The van der Waals surface area contributed by atoms with Crippen LogP contribution >= 0.6 is 0 Å². The summed E-state index contributed by atoms with van der Waals surface area (Å²) in [6.07, 6.45) is 12.7. The van der Waals surface area contributed by atoms with E-state index in [4.69, 9.17) is 28.1 Å². The molecule has 408 valence electrons. The van der Waals surface area contributed by atoms with Crippen LogP contribution in [0.15, 0.2) is 47.6 Å². The fourth-order valence-electron chi connectivity index (χ4n) is 10.8. The molecule has 1 saturated carbocycles. The van der Waals surface area contributed by atoms with E-state index in [1.165, 1.54) is 12.0 Å². The van der Waals surface area contributed by atoms with Gasteiger partial charge in [0.05, 0.1) is 24.4 Å². The summed E-state index contributed by atoms with van der Waals surface area (Å²) >= 11 is 0. The monoisotopic (exact) mass is 1030 g/mol. The number of cyclic esters (lactones) is 1. The van der Waals surface area contributed by atoms with Crippen LogP contribution in [-0.2, 0) is 52.1 Å². The number of carbonyl (C=O) groups is 5. The minimum Gasteiger partial charge on any atom is -0.460 e. The Bertz CT molecular complexity index is 1970. The van der Waals surface area contributed by atoms with E-state index in [9.17, 15) is 34.2 Å². The molecule has 14 nitrogen and oxygen atoms in total. The number of carbonyl (C=O) groups excluding carboxylic acids is 5. The van der Waals surface area contributed by atoms with Crippen molar-refractivity contribution in [2.75, 3.05) is 27.9 Å². The van der Waals surface area contributed by atoms with E-state index in [1.54, 1.807) is 41.1 Å². The van der Waals surface area contributed by atoms with Gasteiger partial charge in [0.25, 0.3) is 11.7 Å². The molecule has 2 bridgehead atoms. The number of esters is 1. The third-order valence-corrected chi connectivity index (χ3v) is 21.2. The lowest BCUT2D eigenvalue weighted by Crippen LogP contribution is -2.61. The average molecular weight is 1030 g/mol. The quantitative estimate of drug-likeness (QED) is 0.102. The van der Waals surface area contributed by atoms with E-state index in [0.717, 1.165) is 24.8 Å². The molecule has 15 atom stereocenters. The standard InChI is InChI=1S/C57H93NO13Si/c1-35-21-17-16-18-22-36(2)47(66-11)33-43-26-24-41(7)57(65,70-43)53(62)54(63)58-28-20-19-23-44(58)55(64)69-48(34-45(59)37(3)30-40(6)51(61)52(68-13)50(60)39(5)29-35)38(4)31-42-25-27-46(49(32-42)67-12)71-72(14,15)56(8,9)10/h16-18,21-22,30,35,37-39,41-44,46-49,51-52,61,65H,19-20,23-29,31-34H2,1-15H3/t35-,37+,38-,39-,41-,42+,43+,44+,46-,47+,48+,49-,51-,52+,57-/m1/s1. The van der Waals surface area contributed by atoms with Crippen LogP contribution in [-0.4, -0.2) is 135 Å². The number of nitrogens with zero attached hydrogens (tertiary/aromatic N) is 1. The van der Waals surface area contributed by atoms with Crippen molar-refractivity contribution in [1.82, 2.24) is 4.90 Å². The molecule has 3 aliphatic heterocycles. The third-order valence-electron chi connectivity index (χ3n) is 16.7. The van der Waals surface area contributed by atoms with Gasteiger partial charge in [-0.2, -0.15) is 0 Å². The highest BCUT2D eigenvalue weighted by Crippen LogP contribution is 2.42. The minimum atomic E-state index is -2.43. The van der Waals surface area contributed by atoms with Crippen LogP contribution in [0.25, 0.3) is 0 Å². The van der Waals surface area contributed by atoms with Crippen LogP contribution < -0.4 is 0 Å². The second-order valence-electron chi connectivity index (χ2n) is 23.4. The topological polar surface area (TPSA) is 184 Å². The number of aliphatic hydroxyl groups excluding tert-OH is 1. The maximum absolute atomic E-state index is 14.6. The van der Waals surface area contributed by atoms with Crippen molar-refractivity contribution in [3.8, 4) is 0 Å². The molecule has 3 heterocycles. The zero-order valence-corrected chi connectivity index (χ0v) is 47.6. The molecule has 4 aliphatic rings. The number of ketones is 3. The SMILES string of the molecule is CO[C@H]1C[C@@H]2CC[C@@H](C)[C@@](O)(O2)C(=O)C(=O)N2CCCC[C@H]2C(=O)O[C@H]([C@H](C)C[C@@H]2CC[C@@H](O[Si](C)(C)C(C)(C)C)[C@H](OC)C2)CC(=O)[C@@H](C)C=C(C)[C@@H](O)[C@@H](OC)C(=O)[C@H](C)C[C@H](C)C=CC=CC=C1C. The number of hydrogen-bond donors (Lipinski definition) is 2. The van der Waals surface area contributed by atoms with E-state index < -0.39 is 86.1 Å². The summed E-state index contributed by atoms with van der Waals surface area (Å²) in [5.41, 5.74) is 1.29. The van der Waals surface area contributed by atoms with Gasteiger partial charge in [-0.3, -0.25) is 19.2 Å². The van der Waals surface area contributed by atoms with E-state index in [-0.39, 0.29) is 66.0 Å². The normalized spacial score (nSPS) is 35.8. The zero-order valence-electron chi connectivity index (χ0n) is 46.6. The number of allylic oxidation sites excluding steroid dienone is 6. The van der Waals surface area contributed by atoms with Crippen LogP contribution in [0.4, 0.5) is 0 Å². The van der Waals surface area contributed by atoms with Crippen molar-refractivity contribution in [2.45, 2.75) is 219 Å². The highest BCUT2D eigenvalue weighted by molar-refractivity contribution is 6.74. The second-order valence-corrected chi connectivity index (χ2v) is 28.2. The lowest BCUT2D eigenvalue weighted by Gasteiger charge is -2.44. The largest absolute Gasteiger partial charge is 0.460 e. The van der Waals surface area contributed by atoms with Crippen molar-refractivity contribution in [3.63, 3.8) is 0 Å². The van der Waals surface area contributed by atoms with E-state index in [2.05, 4.69) is 33.9 Å². The molecule has 0 spiro atoms. The van der Waals surface area contributed by atoms with Gasteiger partial charge in [-0.05, 0) is 125 Å². The number of hydrogen-bond acceptors (Lipinski definition) is 13. The van der Waals surface area contributed by atoms with Crippen molar-refractivity contribution in [3.05, 3.63) is 47.6 Å². The van der Waals surface area contributed by atoms with E-state index in [0.29, 0.717) is 50.5 Å². The Morgan fingerprint density at radius 3 is 2.18 bits per heavy atom. The Kier molecular flexibility index (Phi) is 23.1. The average Bonchev–Trinajstić information content (AvgIpc) is 3.32. The Morgan fingerprint density at radius 2 is 1.54 bits per heavy atom. The van der Waals surface area contributed by atoms with Crippen LogP contribution in [0.5, 0.6) is 0 Å². The van der Waals surface area contributed by atoms with Gasteiger partial charge >= 0.3 is 5.97 Å². The van der Waals surface area contributed by atoms with Crippen molar-refractivity contribution >= 4 is 37.5 Å². The van der Waals surface area contributed by atoms with Gasteiger partial charge in [0.15, 0.2) is 14.1 Å². The highest BCUT2D eigenvalue weighted by atomic mass is 28.4. The highest BCUT2D eigenvalue weighted by Gasteiger charge is 2.53. The molecular weight excluding hydrogens is 935 g/mol. The van der Waals surface area contributed by atoms with Crippen LogP contribution in [0, 0.1) is 35.5 Å². The van der Waals surface area contributed by atoms with Crippen LogP contribution in [0.3, 0.4) is 0 Å². The van der Waals surface area contributed by atoms with Gasteiger partial charge in [-0.1, -0.05) is 91.8 Å². The smallest absolute Gasteiger partial charge is 0.329 e. The number of rotatable bonds is 8. The van der Waals surface area contributed by atoms with Gasteiger partial charge in [-0.15, -0.1) is 0 Å². The Morgan fingerprint density at radius 1 is 0.847 bits per heavy atom. The van der Waals surface area contributed by atoms with Crippen molar-refractivity contribution < 1.29 is 62.3 Å². The predicted molar refractivity (Wildman–Crippen MR) is 281 cm³/mol. The van der Waals surface area contributed by atoms with E-state index in [1.807, 2.05) is 58.1 Å². The summed E-state index contributed by atoms with van der Waals surface area (Å²) in [4.78, 5) is 72.7. The lowest BCUT2D eigenvalue weighted by atomic mass is 9.78. The van der Waals surface area contributed by atoms with Gasteiger partial charge < -0.3 is 43.2 Å². The summed E-state index contributed by atoms with van der Waals surface area (Å²) in [6, 6.07) is -1.13. The molecule has 1 amide bonds. The summed E-state index contributed by atoms with van der Waals surface area (Å²) in [5.74, 6) is -7.77. The summed E-state index contributed by atoms with van der Waals surface area (Å²) < 4.78 is 37.0. The maximum Gasteiger partial charge on any atom is 0.329 e. The molecule has 15 heteroatoms. The number of fused-ring (bicyclic) bond motifs is 3. The van der Waals surface area contributed by atoms with Gasteiger partial charge in [0, 0.05) is 58.5 Å². The number of Topliss-reactive ketones (excluding diaryl/α,β-unsaturated/α-hetero) is 3. The molecule has 0 aromatic carbocycles. The number of methoxy groups -OCH3 is 3. The summed E-state index contributed by atoms with van der Waals surface area (Å²) in [5, 5.41) is 23.6. The van der Waals surface area contributed by atoms with Crippen LogP contribution in [0.2, 0.25) is 18.1 Å². The minimum absolute atomic E-state index is 0.0209.